The minimum atomic E-state index is 0.635. The Hall–Kier alpha value is -8.74. The van der Waals surface area contributed by atoms with Gasteiger partial charge < -0.3 is 18.0 Å². The van der Waals surface area contributed by atoms with Gasteiger partial charge >= 0.3 is 0 Å². The van der Waals surface area contributed by atoms with E-state index >= 15 is 0 Å². The van der Waals surface area contributed by atoms with Gasteiger partial charge in [0.15, 0.2) is 5.82 Å². The summed E-state index contributed by atoms with van der Waals surface area (Å²) < 4.78 is 18.8. The number of rotatable bonds is 5. The van der Waals surface area contributed by atoms with Gasteiger partial charge in [-0.2, -0.15) is 0 Å². The van der Waals surface area contributed by atoms with Gasteiger partial charge in [0.2, 0.25) is 0 Å². The van der Waals surface area contributed by atoms with Crippen molar-refractivity contribution in [3.8, 4) is 45.3 Å². The summed E-state index contributed by atoms with van der Waals surface area (Å²) in [4.78, 5) is 10.4. The first kappa shape index (κ1) is 34.9. The van der Waals surface area contributed by atoms with Crippen LogP contribution in [0.3, 0.4) is 0 Å². The van der Waals surface area contributed by atoms with E-state index in [0.29, 0.717) is 5.82 Å². The normalized spacial score (nSPS) is 12.1. The quantitative estimate of drug-likeness (QED) is 0.174. The van der Waals surface area contributed by atoms with Gasteiger partial charge in [-0.15, -0.1) is 0 Å². The number of para-hydroxylation sites is 4. The minimum Gasteiger partial charge on any atom is -0.456 e. The Labute approximate surface area is 365 Å². The van der Waals surface area contributed by atoms with Crippen LogP contribution in [0.25, 0.3) is 133 Å². The molecule has 0 aliphatic rings. The zero-order chi connectivity index (χ0) is 41.9. The molecule has 14 aromatic rings. The lowest BCUT2D eigenvalue weighted by molar-refractivity contribution is 0.663. The van der Waals surface area contributed by atoms with Crippen molar-refractivity contribution in [1.29, 1.82) is 0 Å². The highest BCUT2D eigenvalue weighted by Crippen LogP contribution is 2.46. The zero-order valence-electron chi connectivity index (χ0n) is 34.2. The molecule has 0 aliphatic heterocycles. The Kier molecular flexibility index (Phi) is 7.30. The van der Waals surface area contributed by atoms with Crippen LogP contribution in [0.5, 0.6) is 0 Å². The van der Waals surface area contributed by atoms with Crippen molar-refractivity contribution in [1.82, 2.24) is 19.1 Å². The maximum absolute atomic E-state index is 7.10. The Morgan fingerprint density at radius 3 is 1.33 bits per heavy atom. The molecule has 0 radical (unpaired) electrons. The fraction of sp³-hybridized carbons (Fsp3) is 0. The summed E-state index contributed by atoms with van der Waals surface area (Å²) in [5, 5.41) is 8.83. The molecule has 9 aromatic carbocycles. The molecule has 64 heavy (non-hydrogen) atoms. The highest BCUT2D eigenvalue weighted by molar-refractivity contribution is 6.29. The van der Waals surface area contributed by atoms with Gasteiger partial charge in [0.25, 0.3) is 0 Å². The molecule has 6 nitrogen and oxygen atoms in total. The first-order valence-electron chi connectivity index (χ1n) is 21.6. The molecule has 0 saturated heterocycles. The van der Waals surface area contributed by atoms with Crippen molar-refractivity contribution in [3.05, 3.63) is 206 Å². The van der Waals surface area contributed by atoms with Crippen LogP contribution in [0.2, 0.25) is 0 Å². The number of fused-ring (bicyclic) bond motifs is 13. The Bertz CT molecular complexity index is 4030. The molecule has 14 rings (SSSR count). The molecule has 0 spiro atoms. The van der Waals surface area contributed by atoms with Gasteiger partial charge in [-0.3, -0.25) is 0 Å². The van der Waals surface area contributed by atoms with Crippen molar-refractivity contribution in [3.63, 3.8) is 0 Å². The summed E-state index contributed by atoms with van der Waals surface area (Å²) >= 11 is 0. The van der Waals surface area contributed by atoms with Crippen molar-refractivity contribution in [2.45, 2.75) is 0 Å². The van der Waals surface area contributed by atoms with Crippen LogP contribution in [0.15, 0.2) is 215 Å². The van der Waals surface area contributed by atoms with Gasteiger partial charge in [-0.1, -0.05) is 133 Å². The maximum atomic E-state index is 7.10. The van der Waals surface area contributed by atoms with E-state index in [9.17, 15) is 0 Å². The highest BCUT2D eigenvalue weighted by atomic mass is 16.3. The number of aromatic nitrogens is 4. The molecule has 0 unspecified atom stereocenters. The second kappa shape index (κ2) is 13.4. The standard InChI is InChI=1S/C58H34N4O2/c1-3-15-35(16-4-1)46-34-47(60-58(59-46)36-17-5-2-6-18-36)43-33-54-55(44-31-37(27-29-52(44)63-54)61-48-23-11-7-19-39(48)40-20-8-12-24-49(40)61)56-45-32-38(28-30-53(45)64-57(43)56)62-50-25-13-9-21-41(50)42-22-10-14-26-51(42)62/h1-34H. The van der Waals surface area contributed by atoms with E-state index in [2.05, 4.69) is 179 Å². The number of hydrogen-bond acceptors (Lipinski definition) is 4. The Morgan fingerprint density at radius 1 is 0.328 bits per heavy atom. The number of nitrogens with zero attached hydrogens (tertiary/aromatic N) is 4. The largest absolute Gasteiger partial charge is 0.456 e. The van der Waals surface area contributed by atoms with Crippen molar-refractivity contribution in [2.75, 3.05) is 0 Å². The van der Waals surface area contributed by atoms with Crippen LogP contribution in [-0.4, -0.2) is 19.1 Å². The summed E-state index contributed by atoms with van der Waals surface area (Å²) in [6.45, 7) is 0. The average molecular weight is 819 g/mol. The van der Waals surface area contributed by atoms with Crippen LogP contribution < -0.4 is 0 Å². The van der Waals surface area contributed by atoms with E-state index < -0.39 is 0 Å². The lowest BCUT2D eigenvalue weighted by Gasteiger charge is -2.10. The summed E-state index contributed by atoms with van der Waals surface area (Å²) in [5.41, 5.74) is 14.1. The highest BCUT2D eigenvalue weighted by Gasteiger charge is 2.24. The van der Waals surface area contributed by atoms with Gasteiger partial charge in [0, 0.05) is 71.2 Å². The van der Waals surface area contributed by atoms with Crippen molar-refractivity contribution in [2.24, 2.45) is 0 Å². The Morgan fingerprint density at radius 2 is 0.781 bits per heavy atom. The number of benzene rings is 9. The van der Waals surface area contributed by atoms with Crippen LogP contribution in [0.1, 0.15) is 0 Å². The van der Waals surface area contributed by atoms with Gasteiger partial charge in [-0.25, -0.2) is 9.97 Å². The Balaban J connectivity index is 1.10. The molecule has 0 fully saturated rings. The first-order chi connectivity index (χ1) is 31.7. The van der Waals surface area contributed by atoms with Crippen LogP contribution >= 0.6 is 0 Å². The predicted octanol–water partition coefficient (Wildman–Crippen LogP) is 15.5. The SMILES string of the molecule is c1ccc(-c2cc(-c3cc4oc5ccc(-n6c7ccccc7c7ccccc76)cc5c4c4c3oc3ccc(-n5c6ccccc6c6ccccc65)cc34)nc(-c3ccccc3)n2)cc1. The number of furan rings is 2. The van der Waals surface area contributed by atoms with E-state index in [1.54, 1.807) is 0 Å². The fourth-order valence-electron chi connectivity index (χ4n) is 10.1. The zero-order valence-corrected chi connectivity index (χ0v) is 34.2. The third-order valence-corrected chi connectivity index (χ3v) is 12.9. The first-order valence-corrected chi connectivity index (χ1v) is 21.6. The molecule has 0 N–H and O–H groups in total. The second-order valence-electron chi connectivity index (χ2n) is 16.5. The molecule has 6 heteroatoms. The van der Waals surface area contributed by atoms with Gasteiger partial charge in [0.05, 0.1) is 33.5 Å². The van der Waals surface area contributed by atoms with Crippen LogP contribution in [0, 0.1) is 0 Å². The second-order valence-corrected chi connectivity index (χ2v) is 16.5. The molecule has 0 atom stereocenters. The molecule has 0 amide bonds. The van der Waals surface area contributed by atoms with Gasteiger partial charge in [-0.05, 0) is 72.8 Å². The summed E-state index contributed by atoms with van der Waals surface area (Å²) in [5.74, 6) is 0.635. The molecule has 0 saturated carbocycles. The van der Waals surface area contributed by atoms with Crippen molar-refractivity contribution >= 4 is 87.5 Å². The molecule has 0 bridgehead atoms. The molecule has 0 aliphatic carbocycles. The molecule has 5 heterocycles. The fourth-order valence-corrected chi connectivity index (χ4v) is 10.1. The monoisotopic (exact) mass is 818 g/mol. The van der Waals surface area contributed by atoms with Crippen molar-refractivity contribution < 1.29 is 8.83 Å². The van der Waals surface area contributed by atoms with E-state index in [1.807, 2.05) is 36.4 Å². The molecular weight excluding hydrogens is 785 g/mol. The summed E-state index contributed by atoms with van der Waals surface area (Å²) in [6.07, 6.45) is 0. The summed E-state index contributed by atoms with van der Waals surface area (Å²) in [7, 11) is 0. The number of hydrogen-bond donors (Lipinski definition) is 0. The van der Waals surface area contributed by atoms with Crippen LogP contribution in [-0.2, 0) is 0 Å². The van der Waals surface area contributed by atoms with E-state index in [1.165, 1.54) is 21.5 Å². The summed E-state index contributed by atoms with van der Waals surface area (Å²) in [6, 6.07) is 72.3. The van der Waals surface area contributed by atoms with E-state index in [4.69, 9.17) is 18.8 Å². The maximum Gasteiger partial charge on any atom is 0.160 e. The lowest BCUT2D eigenvalue weighted by Crippen LogP contribution is -1.96. The average Bonchev–Trinajstić information content (AvgIpc) is 4.11. The smallest absolute Gasteiger partial charge is 0.160 e. The third kappa shape index (κ3) is 5.08. The van der Waals surface area contributed by atoms with Gasteiger partial charge in [0.1, 0.15) is 22.3 Å². The van der Waals surface area contributed by atoms with E-state index in [0.717, 1.165) is 105 Å². The van der Waals surface area contributed by atoms with E-state index in [-0.39, 0.29) is 0 Å². The molecule has 298 valence electrons. The molecule has 5 aromatic heterocycles. The molecular formula is C58H34N4O2. The topological polar surface area (TPSA) is 61.9 Å². The third-order valence-electron chi connectivity index (χ3n) is 12.9. The predicted molar refractivity (Wildman–Crippen MR) is 262 cm³/mol. The minimum absolute atomic E-state index is 0.635. The van der Waals surface area contributed by atoms with Crippen LogP contribution in [0.4, 0.5) is 0 Å². The lowest BCUT2D eigenvalue weighted by atomic mass is 9.99.